The van der Waals surface area contributed by atoms with Crippen LogP contribution in [0.1, 0.15) is 49.7 Å². The minimum absolute atomic E-state index is 0.142. The first kappa shape index (κ1) is 21.2. The Morgan fingerprint density at radius 1 is 1.11 bits per heavy atom. The van der Waals surface area contributed by atoms with Gasteiger partial charge in [-0.3, -0.25) is 10.1 Å². The number of rotatable bonds is 5. The van der Waals surface area contributed by atoms with E-state index in [1.807, 2.05) is 0 Å². The molecule has 2 rings (SSSR count). The lowest BCUT2D eigenvalue weighted by atomic mass is 10.1. The summed E-state index contributed by atoms with van der Waals surface area (Å²) in [5.41, 5.74) is 0.774. The third kappa shape index (κ3) is 5.97. The predicted molar refractivity (Wildman–Crippen MR) is 105 cm³/mol. The van der Waals surface area contributed by atoms with Gasteiger partial charge in [0.05, 0.1) is 13.2 Å². The number of anilines is 1. The Morgan fingerprint density at radius 3 is 2.43 bits per heavy atom. The fourth-order valence-electron chi connectivity index (χ4n) is 2.47. The molecule has 6 nitrogen and oxygen atoms in total. The molecule has 0 heterocycles. The summed E-state index contributed by atoms with van der Waals surface area (Å²) in [7, 11) is 1.39. The van der Waals surface area contributed by atoms with E-state index in [4.69, 9.17) is 9.47 Å². The number of carbonyl (C=O) groups excluding carboxylic acids is 2. The molecule has 0 unspecified atom stereocenters. The highest BCUT2D eigenvalue weighted by molar-refractivity contribution is 5.96. The van der Waals surface area contributed by atoms with E-state index in [-0.39, 0.29) is 11.7 Å². The van der Waals surface area contributed by atoms with Crippen molar-refractivity contribution >= 4 is 17.7 Å². The zero-order valence-electron chi connectivity index (χ0n) is 16.6. The number of carbonyl (C=O) groups is 2. The van der Waals surface area contributed by atoms with Crippen LogP contribution in [0.15, 0.2) is 42.5 Å². The van der Waals surface area contributed by atoms with E-state index in [0.29, 0.717) is 16.8 Å². The predicted octanol–water partition coefficient (Wildman–Crippen LogP) is 4.67. The summed E-state index contributed by atoms with van der Waals surface area (Å²) in [4.78, 5) is 24.4. The fourth-order valence-corrected chi connectivity index (χ4v) is 2.47. The molecule has 150 valence electrons. The summed E-state index contributed by atoms with van der Waals surface area (Å²) in [5.74, 6) is -0.704. The molecule has 0 radical (unpaired) electrons. The van der Waals surface area contributed by atoms with E-state index in [1.54, 1.807) is 58.0 Å². The summed E-state index contributed by atoms with van der Waals surface area (Å²) in [5, 5.41) is 5.40. The number of benzene rings is 2. The van der Waals surface area contributed by atoms with Gasteiger partial charge in [0.15, 0.2) is 11.6 Å². The second-order valence-corrected chi connectivity index (χ2v) is 7.30. The molecule has 0 aromatic heterocycles. The van der Waals surface area contributed by atoms with E-state index < -0.39 is 23.6 Å². The maximum atomic E-state index is 13.9. The van der Waals surface area contributed by atoms with Crippen molar-refractivity contribution in [3.05, 3.63) is 59.4 Å². The third-order valence-corrected chi connectivity index (χ3v) is 3.79. The van der Waals surface area contributed by atoms with Gasteiger partial charge in [0, 0.05) is 11.3 Å². The van der Waals surface area contributed by atoms with Crippen molar-refractivity contribution in [2.45, 2.75) is 39.3 Å². The number of methoxy groups -OCH3 is 1. The first-order chi connectivity index (χ1) is 13.1. The monoisotopic (exact) mass is 388 g/mol. The molecule has 0 fully saturated rings. The van der Waals surface area contributed by atoms with Crippen molar-refractivity contribution in [3.63, 3.8) is 0 Å². The Labute approximate surface area is 164 Å². The molecular weight excluding hydrogens is 363 g/mol. The molecule has 28 heavy (non-hydrogen) atoms. The van der Waals surface area contributed by atoms with Gasteiger partial charge in [0.1, 0.15) is 5.60 Å². The lowest BCUT2D eigenvalue weighted by molar-refractivity contribution is 0.0635. The summed E-state index contributed by atoms with van der Waals surface area (Å²) in [6, 6.07) is 10.6. The van der Waals surface area contributed by atoms with Gasteiger partial charge in [-0.25, -0.2) is 9.18 Å². The lowest BCUT2D eigenvalue weighted by Gasteiger charge is -2.20. The summed E-state index contributed by atoms with van der Waals surface area (Å²) < 4.78 is 24.0. The highest BCUT2D eigenvalue weighted by Gasteiger charge is 2.17. The van der Waals surface area contributed by atoms with Crippen molar-refractivity contribution in [1.82, 2.24) is 5.32 Å². The maximum absolute atomic E-state index is 13.9. The SMILES string of the molecule is COc1ccc([C@@H](C)NC(=O)c2cccc(NC(=O)OC(C)(C)C)c2)cc1F. The average molecular weight is 388 g/mol. The van der Waals surface area contributed by atoms with Crippen LogP contribution in [0.2, 0.25) is 0 Å². The van der Waals surface area contributed by atoms with Crippen LogP contribution < -0.4 is 15.4 Å². The minimum Gasteiger partial charge on any atom is -0.494 e. The van der Waals surface area contributed by atoms with E-state index in [1.165, 1.54) is 19.2 Å². The van der Waals surface area contributed by atoms with Crippen LogP contribution in [0.25, 0.3) is 0 Å². The van der Waals surface area contributed by atoms with Gasteiger partial charge < -0.3 is 14.8 Å². The molecule has 0 aliphatic carbocycles. The minimum atomic E-state index is -0.623. The highest BCUT2D eigenvalue weighted by Crippen LogP contribution is 2.22. The number of nitrogens with one attached hydrogen (secondary N) is 2. The second kappa shape index (κ2) is 8.73. The van der Waals surface area contributed by atoms with Crippen molar-refractivity contribution in [2.75, 3.05) is 12.4 Å². The molecule has 2 aromatic carbocycles. The molecule has 2 amide bonds. The van der Waals surface area contributed by atoms with Gasteiger partial charge in [0.2, 0.25) is 0 Å². The van der Waals surface area contributed by atoms with E-state index in [0.717, 1.165) is 0 Å². The lowest BCUT2D eigenvalue weighted by Crippen LogP contribution is -2.28. The number of halogens is 1. The number of ether oxygens (including phenoxy) is 2. The maximum Gasteiger partial charge on any atom is 0.412 e. The third-order valence-electron chi connectivity index (χ3n) is 3.79. The van der Waals surface area contributed by atoms with Crippen LogP contribution >= 0.6 is 0 Å². The molecule has 0 aliphatic heterocycles. The quantitative estimate of drug-likeness (QED) is 0.780. The normalized spacial score (nSPS) is 12.1. The topological polar surface area (TPSA) is 76.7 Å². The second-order valence-electron chi connectivity index (χ2n) is 7.30. The first-order valence-electron chi connectivity index (χ1n) is 8.83. The van der Waals surface area contributed by atoms with Crippen LogP contribution in [-0.4, -0.2) is 24.7 Å². The molecular formula is C21H25FN2O4. The van der Waals surface area contributed by atoms with Crippen molar-refractivity contribution < 1.29 is 23.5 Å². The number of amides is 2. The Bertz CT molecular complexity index is 862. The summed E-state index contributed by atoms with van der Waals surface area (Å²) >= 11 is 0. The Hall–Kier alpha value is -3.09. The van der Waals surface area contributed by atoms with Crippen LogP contribution in [-0.2, 0) is 4.74 Å². The first-order valence-corrected chi connectivity index (χ1v) is 8.83. The molecule has 0 aliphatic rings. The van der Waals surface area contributed by atoms with Crippen molar-refractivity contribution in [3.8, 4) is 5.75 Å². The van der Waals surface area contributed by atoms with Crippen LogP contribution in [0.3, 0.4) is 0 Å². The smallest absolute Gasteiger partial charge is 0.412 e. The zero-order valence-corrected chi connectivity index (χ0v) is 16.6. The summed E-state index contributed by atoms with van der Waals surface area (Å²) in [6.07, 6.45) is -0.605. The summed E-state index contributed by atoms with van der Waals surface area (Å²) in [6.45, 7) is 7.04. The number of hydrogen-bond acceptors (Lipinski definition) is 4. The van der Waals surface area contributed by atoms with Gasteiger partial charge in [0.25, 0.3) is 5.91 Å². The molecule has 0 saturated carbocycles. The largest absolute Gasteiger partial charge is 0.494 e. The average Bonchev–Trinajstić information content (AvgIpc) is 2.60. The van der Waals surface area contributed by atoms with Gasteiger partial charge in [-0.15, -0.1) is 0 Å². The zero-order chi connectivity index (χ0) is 20.9. The van der Waals surface area contributed by atoms with Crippen LogP contribution in [0.4, 0.5) is 14.9 Å². The van der Waals surface area contributed by atoms with E-state index >= 15 is 0 Å². The molecule has 1 atom stereocenters. The highest BCUT2D eigenvalue weighted by atomic mass is 19.1. The molecule has 2 N–H and O–H groups in total. The van der Waals surface area contributed by atoms with Gasteiger partial charge in [-0.05, 0) is 63.6 Å². The Balaban J connectivity index is 2.06. The van der Waals surface area contributed by atoms with Crippen molar-refractivity contribution in [1.29, 1.82) is 0 Å². The Morgan fingerprint density at radius 2 is 1.82 bits per heavy atom. The Kier molecular flexibility index (Phi) is 6.62. The molecule has 0 saturated heterocycles. The fraction of sp³-hybridized carbons (Fsp3) is 0.333. The molecule has 0 bridgehead atoms. The van der Waals surface area contributed by atoms with E-state index in [2.05, 4.69) is 10.6 Å². The van der Waals surface area contributed by atoms with Crippen LogP contribution in [0, 0.1) is 5.82 Å². The van der Waals surface area contributed by atoms with E-state index in [9.17, 15) is 14.0 Å². The number of hydrogen-bond donors (Lipinski definition) is 2. The standard InChI is InChI=1S/C21H25FN2O4/c1-13(14-9-10-18(27-5)17(22)12-14)23-19(25)15-7-6-8-16(11-15)24-20(26)28-21(2,3)4/h6-13H,1-5H3,(H,23,25)(H,24,26)/t13-/m1/s1. The van der Waals surface area contributed by atoms with Gasteiger partial charge in [-0.1, -0.05) is 12.1 Å². The van der Waals surface area contributed by atoms with Crippen LogP contribution in [0.5, 0.6) is 5.75 Å². The van der Waals surface area contributed by atoms with Gasteiger partial charge in [-0.2, -0.15) is 0 Å². The molecule has 0 spiro atoms. The van der Waals surface area contributed by atoms with Gasteiger partial charge >= 0.3 is 6.09 Å². The molecule has 7 heteroatoms. The van der Waals surface area contributed by atoms with Crippen molar-refractivity contribution in [2.24, 2.45) is 0 Å². The molecule has 2 aromatic rings.